The minimum atomic E-state index is -0.917. The highest BCUT2D eigenvalue weighted by Crippen LogP contribution is 2.28. The predicted octanol–water partition coefficient (Wildman–Crippen LogP) is 3.94. The highest BCUT2D eigenvalue weighted by Gasteiger charge is 2.32. The Hall–Kier alpha value is -3.49. The summed E-state index contributed by atoms with van der Waals surface area (Å²) in [6.07, 6.45) is 3.32. The molecule has 1 aliphatic rings. The fourth-order valence-corrected chi connectivity index (χ4v) is 3.63. The van der Waals surface area contributed by atoms with Gasteiger partial charge in [0.25, 0.3) is 5.91 Å². The second-order valence-electron chi connectivity index (χ2n) is 6.81. The molecule has 156 valence electrons. The summed E-state index contributed by atoms with van der Waals surface area (Å²) in [4.78, 5) is 25.4. The third kappa shape index (κ3) is 4.50. The van der Waals surface area contributed by atoms with E-state index in [0.29, 0.717) is 27.7 Å². The zero-order valence-electron chi connectivity index (χ0n) is 16.2. The summed E-state index contributed by atoms with van der Waals surface area (Å²) < 4.78 is 1.55. The molecular formula is C22H17ClN4O3S. The van der Waals surface area contributed by atoms with E-state index < -0.39 is 5.97 Å². The second kappa shape index (κ2) is 8.71. The Kier molecular flexibility index (Phi) is 5.83. The number of benzene rings is 2. The van der Waals surface area contributed by atoms with Crippen molar-refractivity contribution in [1.29, 1.82) is 0 Å². The number of thiocarbonyl (C=S) groups is 1. The van der Waals surface area contributed by atoms with E-state index in [0.717, 1.165) is 5.56 Å². The minimum Gasteiger partial charge on any atom is -0.481 e. The van der Waals surface area contributed by atoms with E-state index in [4.69, 9.17) is 28.9 Å². The summed E-state index contributed by atoms with van der Waals surface area (Å²) in [6, 6.07) is 16.3. The van der Waals surface area contributed by atoms with Crippen LogP contribution in [0.3, 0.4) is 0 Å². The topological polar surface area (TPSA) is 87.5 Å². The highest BCUT2D eigenvalue weighted by molar-refractivity contribution is 7.80. The number of carbonyl (C=O) groups excluding carboxylic acids is 1. The molecule has 0 atom stereocenters. The molecule has 1 amide bonds. The van der Waals surface area contributed by atoms with Gasteiger partial charge in [0.2, 0.25) is 0 Å². The lowest BCUT2D eigenvalue weighted by molar-refractivity contribution is -0.137. The number of carboxylic acids is 1. The molecule has 0 radical (unpaired) electrons. The molecular weight excluding hydrogens is 436 g/mol. The summed E-state index contributed by atoms with van der Waals surface area (Å²) in [7, 11) is 0. The Labute approximate surface area is 188 Å². The van der Waals surface area contributed by atoms with Crippen molar-refractivity contribution in [2.24, 2.45) is 0 Å². The standard InChI is InChI=1S/C22H17ClN4O3S/c23-16-8-6-14(7-9-16)20-15(13-26(25-20)11-10-19(28)29)12-18-21(30)27(22(31)24-18)17-4-2-1-3-5-17/h1-9,12-13H,10-11H2,(H,24,31)(H,28,29). The second-order valence-corrected chi connectivity index (χ2v) is 7.63. The van der Waals surface area contributed by atoms with Crippen LogP contribution >= 0.6 is 23.8 Å². The zero-order chi connectivity index (χ0) is 22.0. The maximum absolute atomic E-state index is 13.0. The van der Waals surface area contributed by atoms with Gasteiger partial charge in [0.15, 0.2) is 5.11 Å². The van der Waals surface area contributed by atoms with Gasteiger partial charge in [-0.15, -0.1) is 0 Å². The van der Waals surface area contributed by atoms with Gasteiger partial charge in [-0.3, -0.25) is 19.2 Å². The van der Waals surface area contributed by atoms with Gasteiger partial charge in [-0.1, -0.05) is 41.9 Å². The number of nitrogens with one attached hydrogen (secondary N) is 1. The van der Waals surface area contributed by atoms with Crippen LogP contribution in [0, 0.1) is 0 Å². The first-order chi connectivity index (χ1) is 14.9. The number of rotatable bonds is 6. The largest absolute Gasteiger partial charge is 0.481 e. The van der Waals surface area contributed by atoms with Gasteiger partial charge in [0.05, 0.1) is 24.3 Å². The molecule has 7 nitrogen and oxygen atoms in total. The third-order valence-electron chi connectivity index (χ3n) is 4.65. The van der Waals surface area contributed by atoms with Crippen molar-refractivity contribution >= 4 is 52.6 Å². The molecule has 9 heteroatoms. The van der Waals surface area contributed by atoms with E-state index >= 15 is 0 Å². The number of aliphatic carboxylic acids is 1. The Morgan fingerprint density at radius 3 is 2.55 bits per heavy atom. The van der Waals surface area contributed by atoms with Crippen LogP contribution in [0.15, 0.2) is 66.5 Å². The first kappa shape index (κ1) is 20.8. The van der Waals surface area contributed by atoms with Crippen LogP contribution in [-0.4, -0.2) is 31.9 Å². The molecule has 0 saturated carbocycles. The quantitative estimate of drug-likeness (QED) is 0.435. The zero-order valence-corrected chi connectivity index (χ0v) is 17.7. The number of carboxylic acid groups (broad SMARTS) is 1. The van der Waals surface area contributed by atoms with Crippen molar-refractivity contribution in [1.82, 2.24) is 15.1 Å². The first-order valence-corrected chi connectivity index (χ1v) is 10.2. The van der Waals surface area contributed by atoms with Crippen molar-refractivity contribution in [2.75, 3.05) is 4.90 Å². The number of para-hydroxylation sites is 1. The van der Waals surface area contributed by atoms with Crippen LogP contribution in [0.1, 0.15) is 12.0 Å². The Morgan fingerprint density at radius 1 is 1.16 bits per heavy atom. The molecule has 4 rings (SSSR count). The van der Waals surface area contributed by atoms with E-state index in [2.05, 4.69) is 10.4 Å². The smallest absolute Gasteiger partial charge is 0.305 e. The maximum Gasteiger partial charge on any atom is 0.305 e. The van der Waals surface area contributed by atoms with E-state index in [-0.39, 0.29) is 24.0 Å². The normalized spacial score (nSPS) is 14.9. The van der Waals surface area contributed by atoms with Crippen molar-refractivity contribution in [2.45, 2.75) is 13.0 Å². The Balaban J connectivity index is 1.71. The molecule has 31 heavy (non-hydrogen) atoms. The average molecular weight is 453 g/mol. The Bertz CT molecular complexity index is 1190. The van der Waals surface area contributed by atoms with Crippen LogP contribution in [0.2, 0.25) is 5.02 Å². The van der Waals surface area contributed by atoms with E-state index in [1.165, 1.54) is 4.90 Å². The predicted molar refractivity (Wildman–Crippen MR) is 123 cm³/mol. The monoisotopic (exact) mass is 452 g/mol. The van der Waals surface area contributed by atoms with Crippen molar-refractivity contribution < 1.29 is 14.7 Å². The minimum absolute atomic E-state index is 0.0687. The lowest BCUT2D eigenvalue weighted by atomic mass is 10.1. The van der Waals surface area contributed by atoms with Crippen LogP contribution in [0.5, 0.6) is 0 Å². The third-order valence-corrected chi connectivity index (χ3v) is 5.19. The number of hydrogen-bond donors (Lipinski definition) is 2. The van der Waals surface area contributed by atoms with Crippen LogP contribution in [0.4, 0.5) is 5.69 Å². The van der Waals surface area contributed by atoms with Crippen LogP contribution < -0.4 is 10.2 Å². The Morgan fingerprint density at radius 2 is 1.87 bits per heavy atom. The molecule has 2 N–H and O–H groups in total. The van der Waals surface area contributed by atoms with Crippen LogP contribution in [0.25, 0.3) is 17.3 Å². The SMILES string of the molecule is O=C(O)CCn1cc(C=C2NC(=S)N(c3ccccc3)C2=O)c(-c2ccc(Cl)cc2)n1. The van der Waals surface area contributed by atoms with Crippen LogP contribution in [-0.2, 0) is 16.1 Å². The summed E-state index contributed by atoms with van der Waals surface area (Å²) >= 11 is 11.4. The molecule has 1 saturated heterocycles. The molecule has 0 aliphatic carbocycles. The van der Waals surface area contributed by atoms with Crippen molar-refractivity contribution in [3.8, 4) is 11.3 Å². The lowest BCUT2D eigenvalue weighted by Crippen LogP contribution is -2.30. The lowest BCUT2D eigenvalue weighted by Gasteiger charge is -2.13. The highest BCUT2D eigenvalue weighted by atomic mass is 35.5. The van der Waals surface area contributed by atoms with Gasteiger partial charge in [0, 0.05) is 22.3 Å². The van der Waals surface area contributed by atoms with E-state index in [9.17, 15) is 9.59 Å². The molecule has 3 aromatic rings. The fraction of sp³-hybridized carbons (Fsp3) is 0.0909. The summed E-state index contributed by atoms with van der Waals surface area (Å²) in [5, 5.41) is 17.4. The number of aromatic nitrogens is 2. The van der Waals surface area contributed by atoms with Gasteiger partial charge in [0.1, 0.15) is 5.70 Å². The number of aryl methyl sites for hydroxylation is 1. The van der Waals surface area contributed by atoms with E-state index in [1.807, 2.05) is 30.3 Å². The number of halogens is 1. The number of anilines is 1. The van der Waals surface area contributed by atoms with Gasteiger partial charge < -0.3 is 10.4 Å². The summed E-state index contributed by atoms with van der Waals surface area (Å²) in [5.41, 5.74) is 3.03. The number of nitrogens with zero attached hydrogens (tertiary/aromatic N) is 3. The maximum atomic E-state index is 13.0. The first-order valence-electron chi connectivity index (χ1n) is 9.40. The van der Waals surface area contributed by atoms with Gasteiger partial charge >= 0.3 is 5.97 Å². The fourth-order valence-electron chi connectivity index (χ4n) is 3.20. The number of carbonyl (C=O) groups is 2. The van der Waals surface area contributed by atoms with Gasteiger partial charge in [-0.25, -0.2) is 0 Å². The molecule has 2 heterocycles. The summed E-state index contributed by atoms with van der Waals surface area (Å²) in [6.45, 7) is 0.203. The van der Waals surface area contributed by atoms with Gasteiger partial charge in [-0.05, 0) is 42.6 Å². The summed E-state index contributed by atoms with van der Waals surface area (Å²) in [5.74, 6) is -1.20. The molecule has 2 aromatic carbocycles. The van der Waals surface area contributed by atoms with Gasteiger partial charge in [-0.2, -0.15) is 5.10 Å². The molecule has 0 spiro atoms. The molecule has 0 bridgehead atoms. The molecule has 1 aromatic heterocycles. The van der Waals surface area contributed by atoms with Crippen molar-refractivity contribution in [3.63, 3.8) is 0 Å². The van der Waals surface area contributed by atoms with Crippen molar-refractivity contribution in [3.05, 3.63) is 77.1 Å². The molecule has 1 fully saturated rings. The average Bonchev–Trinajstić information content (AvgIpc) is 3.28. The molecule has 0 unspecified atom stereocenters. The number of hydrogen-bond acceptors (Lipinski definition) is 4. The number of amides is 1. The van der Waals surface area contributed by atoms with E-state index in [1.54, 1.807) is 41.2 Å². The molecule has 1 aliphatic heterocycles.